The molecule has 1 aliphatic heterocycles. The maximum absolute atomic E-state index is 2.42. The van der Waals surface area contributed by atoms with E-state index in [-0.39, 0.29) is 0 Å². The number of hydrogen-bond acceptors (Lipinski definition) is 0. The van der Waals surface area contributed by atoms with E-state index in [1.807, 2.05) is 0 Å². The average Bonchev–Trinajstić information content (AvgIpc) is 2.51. The lowest BCUT2D eigenvalue weighted by Crippen LogP contribution is -2.37. The Labute approximate surface area is 130 Å². The molecule has 110 valence electrons. The number of unbranched alkanes of at least 4 members (excludes halogenated alkanes) is 3. The van der Waals surface area contributed by atoms with E-state index in [0.29, 0.717) is 0 Å². The van der Waals surface area contributed by atoms with Crippen LogP contribution in [0.5, 0.6) is 0 Å². The molecule has 0 N–H and O–H groups in total. The summed E-state index contributed by atoms with van der Waals surface area (Å²) in [7, 11) is -0.824. The minimum atomic E-state index is -0.824. The fourth-order valence-corrected chi connectivity index (χ4v) is 7.27. The van der Waals surface area contributed by atoms with E-state index < -0.39 is 8.80 Å². The summed E-state index contributed by atoms with van der Waals surface area (Å²) in [5.41, 5.74) is 6.13. The van der Waals surface area contributed by atoms with Crippen molar-refractivity contribution in [2.75, 3.05) is 0 Å². The Hall–Kier alpha value is -1.34. The van der Waals surface area contributed by atoms with Gasteiger partial charge in [-0.15, -0.1) is 0 Å². The van der Waals surface area contributed by atoms with Crippen molar-refractivity contribution in [3.63, 3.8) is 0 Å². The van der Waals surface area contributed by atoms with Crippen molar-refractivity contribution < 1.29 is 0 Å². The van der Waals surface area contributed by atoms with Crippen LogP contribution in [0.15, 0.2) is 42.5 Å². The molecule has 0 fully saturated rings. The highest BCUT2D eigenvalue weighted by atomic mass is 28.3. The van der Waals surface area contributed by atoms with Crippen LogP contribution in [0.4, 0.5) is 0 Å². The van der Waals surface area contributed by atoms with Crippen molar-refractivity contribution in [2.45, 2.75) is 51.6 Å². The predicted octanol–water partition coefficient (Wildman–Crippen LogP) is 4.77. The molecule has 1 heteroatoms. The number of rotatable bonds is 5. The molecule has 0 aromatic heterocycles. The second-order valence-corrected chi connectivity index (χ2v) is 9.45. The van der Waals surface area contributed by atoms with Crippen LogP contribution in [0.2, 0.25) is 6.04 Å². The molecule has 0 radical (unpaired) electrons. The summed E-state index contributed by atoms with van der Waals surface area (Å²) < 4.78 is 0. The number of hydrogen-bond donors (Lipinski definition) is 0. The van der Waals surface area contributed by atoms with Crippen LogP contribution >= 0.6 is 0 Å². The number of fused-ring (bicyclic) bond motifs is 3. The Morgan fingerprint density at radius 1 is 0.952 bits per heavy atom. The smallest absolute Gasteiger partial charge is 0.0654 e. The van der Waals surface area contributed by atoms with Gasteiger partial charge in [0.2, 0.25) is 0 Å². The van der Waals surface area contributed by atoms with Gasteiger partial charge in [0.1, 0.15) is 0 Å². The fourth-order valence-electron chi connectivity index (χ4n) is 3.82. The van der Waals surface area contributed by atoms with Gasteiger partial charge in [0.25, 0.3) is 0 Å². The number of benzene rings is 2. The third kappa shape index (κ3) is 2.98. The van der Waals surface area contributed by atoms with Crippen molar-refractivity contribution >= 4 is 14.0 Å². The zero-order chi connectivity index (χ0) is 14.7. The monoisotopic (exact) mass is 294 g/mol. The first kappa shape index (κ1) is 14.6. The average molecular weight is 295 g/mol. The van der Waals surface area contributed by atoms with Crippen LogP contribution < -0.4 is 5.19 Å². The normalized spacial score (nSPS) is 16.4. The van der Waals surface area contributed by atoms with Gasteiger partial charge in [0.05, 0.1) is 8.80 Å². The van der Waals surface area contributed by atoms with E-state index in [2.05, 4.69) is 56.3 Å². The maximum Gasteiger partial charge on any atom is 0.0759 e. The van der Waals surface area contributed by atoms with Crippen molar-refractivity contribution in [1.29, 1.82) is 0 Å². The Bertz CT molecular complexity index is 615. The quantitative estimate of drug-likeness (QED) is 0.550. The topological polar surface area (TPSA) is 0 Å². The molecule has 0 spiro atoms. The fraction of sp³-hybridized carbons (Fsp3) is 0.400. The van der Waals surface area contributed by atoms with Crippen molar-refractivity contribution in [3.05, 3.63) is 53.6 Å². The van der Waals surface area contributed by atoms with Crippen LogP contribution in [-0.2, 0) is 6.04 Å². The molecule has 0 saturated heterocycles. The van der Waals surface area contributed by atoms with Crippen molar-refractivity contribution in [2.24, 2.45) is 0 Å². The summed E-state index contributed by atoms with van der Waals surface area (Å²) in [6.07, 6.45) is 5.59. The Balaban J connectivity index is 1.90. The van der Waals surface area contributed by atoms with Gasteiger partial charge < -0.3 is 0 Å². The van der Waals surface area contributed by atoms with Gasteiger partial charge in [-0.05, 0) is 35.2 Å². The second-order valence-electron chi connectivity index (χ2n) is 6.45. The molecule has 2 aromatic rings. The third-order valence-corrected chi connectivity index (χ3v) is 8.32. The summed E-state index contributed by atoms with van der Waals surface area (Å²) in [5.74, 6) is 0. The molecular weight excluding hydrogens is 268 g/mol. The molecule has 3 rings (SSSR count). The first-order valence-corrected chi connectivity index (χ1v) is 10.7. The van der Waals surface area contributed by atoms with Gasteiger partial charge >= 0.3 is 0 Å². The molecule has 1 heterocycles. The largest absolute Gasteiger partial charge is 0.0759 e. The molecule has 1 aliphatic rings. The highest BCUT2D eigenvalue weighted by Gasteiger charge is 2.25. The van der Waals surface area contributed by atoms with E-state index in [4.69, 9.17) is 0 Å². The first-order chi connectivity index (χ1) is 10.3. The van der Waals surface area contributed by atoms with E-state index in [9.17, 15) is 0 Å². The SMILES string of the molecule is CCCCCC[Si@H]1Cc2cccc(C)c2-c2ccccc21. The summed E-state index contributed by atoms with van der Waals surface area (Å²) in [6.45, 7) is 4.56. The van der Waals surface area contributed by atoms with E-state index in [1.54, 1.807) is 16.3 Å². The van der Waals surface area contributed by atoms with Crippen LogP contribution in [0.25, 0.3) is 11.1 Å². The molecular formula is C20H26Si. The van der Waals surface area contributed by atoms with Crippen LogP contribution in [0.1, 0.15) is 43.7 Å². The van der Waals surface area contributed by atoms with Gasteiger partial charge in [-0.25, -0.2) is 0 Å². The standard InChI is InChI=1S/C20H26Si/c1-3-4-5-8-14-21-15-17-11-9-10-16(2)20(17)18-12-6-7-13-19(18)21/h6-7,9-13,21H,3-5,8,14-15H2,1-2H3/t21-/m0/s1. The molecule has 2 aromatic carbocycles. The highest BCUT2D eigenvalue weighted by molar-refractivity contribution is 6.74. The molecule has 21 heavy (non-hydrogen) atoms. The molecule has 0 nitrogen and oxygen atoms in total. The lowest BCUT2D eigenvalue weighted by molar-refractivity contribution is 0.698. The van der Waals surface area contributed by atoms with Gasteiger partial charge in [0, 0.05) is 0 Å². The molecule has 1 atom stereocenters. The first-order valence-electron chi connectivity index (χ1n) is 8.49. The highest BCUT2D eigenvalue weighted by Crippen LogP contribution is 2.32. The lowest BCUT2D eigenvalue weighted by atomic mass is 9.95. The van der Waals surface area contributed by atoms with Crippen molar-refractivity contribution in [1.82, 2.24) is 0 Å². The summed E-state index contributed by atoms with van der Waals surface area (Å²) in [4.78, 5) is 0. The minimum absolute atomic E-state index is 0.824. The van der Waals surface area contributed by atoms with Gasteiger partial charge in [-0.2, -0.15) is 0 Å². The van der Waals surface area contributed by atoms with E-state index in [0.717, 1.165) is 0 Å². The van der Waals surface area contributed by atoms with Crippen LogP contribution in [0.3, 0.4) is 0 Å². The third-order valence-electron chi connectivity index (χ3n) is 4.90. The number of aryl methyl sites for hydroxylation is 1. The predicted molar refractivity (Wildman–Crippen MR) is 96.1 cm³/mol. The molecule has 0 aliphatic carbocycles. The molecule has 0 saturated carbocycles. The van der Waals surface area contributed by atoms with Crippen LogP contribution in [0, 0.1) is 6.92 Å². The van der Waals surface area contributed by atoms with Crippen LogP contribution in [-0.4, -0.2) is 8.80 Å². The molecule has 0 amide bonds. The zero-order valence-electron chi connectivity index (χ0n) is 13.4. The van der Waals surface area contributed by atoms with Crippen molar-refractivity contribution in [3.8, 4) is 11.1 Å². The van der Waals surface area contributed by atoms with E-state index >= 15 is 0 Å². The molecule has 0 bridgehead atoms. The Morgan fingerprint density at radius 3 is 2.67 bits per heavy atom. The Morgan fingerprint density at radius 2 is 1.81 bits per heavy atom. The Kier molecular flexibility index (Phi) is 4.59. The maximum atomic E-state index is 2.42. The summed E-state index contributed by atoms with van der Waals surface area (Å²) >= 11 is 0. The summed E-state index contributed by atoms with van der Waals surface area (Å²) in [6, 6.07) is 18.9. The summed E-state index contributed by atoms with van der Waals surface area (Å²) in [5, 5.41) is 1.72. The minimum Gasteiger partial charge on any atom is -0.0654 e. The van der Waals surface area contributed by atoms with Gasteiger partial charge in [-0.3, -0.25) is 0 Å². The lowest BCUT2D eigenvalue weighted by Gasteiger charge is -2.28. The van der Waals surface area contributed by atoms with Gasteiger partial charge in [0.15, 0.2) is 0 Å². The zero-order valence-corrected chi connectivity index (χ0v) is 14.5. The van der Waals surface area contributed by atoms with Gasteiger partial charge in [-0.1, -0.05) is 86.3 Å². The second kappa shape index (κ2) is 6.61. The van der Waals surface area contributed by atoms with E-state index in [1.165, 1.54) is 48.9 Å². The molecule has 0 unspecified atom stereocenters.